The molecule has 0 aliphatic carbocycles. The van der Waals surface area contributed by atoms with E-state index >= 15 is 0 Å². The fraction of sp³-hybridized carbons (Fsp3) is 0.250. The zero-order valence-electron chi connectivity index (χ0n) is 9.30. The molecule has 2 heterocycles. The smallest absolute Gasteiger partial charge is 0.479 e. The number of halogens is 3. The van der Waals surface area contributed by atoms with Crippen LogP contribution < -0.4 is 10.5 Å². The number of thiazole rings is 1. The Morgan fingerprint density at radius 1 is 1.47 bits per heavy atom. The number of carboxylic acids is 1. The van der Waals surface area contributed by atoms with E-state index < -0.39 is 12.1 Å². The second kappa shape index (κ2) is 5.65. The van der Waals surface area contributed by atoms with Crippen molar-refractivity contribution < 1.29 is 27.8 Å². The lowest BCUT2D eigenvalue weighted by molar-refractivity contribution is -0.192. The molecule has 0 atom stereocenters. The lowest BCUT2D eigenvalue weighted by Gasteiger charge is -1.95. The Morgan fingerprint density at radius 2 is 2.05 bits per heavy atom. The van der Waals surface area contributed by atoms with Crippen LogP contribution in [-0.4, -0.2) is 39.3 Å². The summed E-state index contributed by atoms with van der Waals surface area (Å²) in [4.78, 5) is 21.6. The number of nitrogen functional groups attached to an aromatic ring is 1. The number of fused-ring (bicyclic) bond motifs is 1. The molecule has 0 aliphatic heterocycles. The third kappa shape index (κ3) is 3.91. The van der Waals surface area contributed by atoms with Crippen molar-refractivity contribution >= 4 is 32.8 Å². The molecule has 0 aromatic carbocycles. The van der Waals surface area contributed by atoms with Crippen molar-refractivity contribution in [2.24, 2.45) is 0 Å². The fourth-order valence-electron chi connectivity index (χ4n) is 0.899. The van der Waals surface area contributed by atoms with E-state index in [1.54, 1.807) is 0 Å². The first-order chi connectivity index (χ1) is 8.75. The normalized spacial score (nSPS) is 10.7. The first-order valence-corrected chi connectivity index (χ1v) is 5.28. The highest BCUT2D eigenvalue weighted by molar-refractivity contribution is 7.21. The molecule has 11 heteroatoms. The number of aromatic nitrogens is 3. The van der Waals surface area contributed by atoms with Crippen molar-refractivity contribution in [3.05, 3.63) is 6.33 Å². The van der Waals surface area contributed by atoms with E-state index in [2.05, 4.69) is 15.0 Å². The number of methoxy groups -OCH3 is 1. The molecule has 0 amide bonds. The topological polar surface area (TPSA) is 111 Å². The van der Waals surface area contributed by atoms with Gasteiger partial charge in [-0.3, -0.25) is 0 Å². The Labute approximate surface area is 107 Å². The maximum atomic E-state index is 10.6. The summed E-state index contributed by atoms with van der Waals surface area (Å²) in [7, 11) is 1.54. The average Bonchev–Trinajstić information content (AvgIpc) is 2.68. The molecule has 3 N–H and O–H groups in total. The number of alkyl halides is 3. The van der Waals surface area contributed by atoms with Crippen molar-refractivity contribution in [1.29, 1.82) is 0 Å². The van der Waals surface area contributed by atoms with E-state index in [0.29, 0.717) is 16.5 Å². The van der Waals surface area contributed by atoms with Gasteiger partial charge in [0.2, 0.25) is 5.88 Å². The minimum Gasteiger partial charge on any atom is -0.479 e. The number of carboxylic acid groups (broad SMARTS) is 1. The van der Waals surface area contributed by atoms with Gasteiger partial charge in [-0.2, -0.15) is 18.2 Å². The molecule has 2 aromatic heterocycles. The highest BCUT2D eigenvalue weighted by Gasteiger charge is 2.38. The van der Waals surface area contributed by atoms with Crippen molar-refractivity contribution in [2.75, 3.05) is 12.8 Å². The summed E-state index contributed by atoms with van der Waals surface area (Å²) >= 11 is 1.32. The van der Waals surface area contributed by atoms with Gasteiger partial charge in [0.1, 0.15) is 6.33 Å². The minimum atomic E-state index is -5.08. The molecule has 0 aliphatic rings. The number of nitrogens with two attached hydrogens (primary N) is 1. The molecule has 0 unspecified atom stereocenters. The standard InChI is InChI=1S/C6H6N4OS.C2HF3O2/c1-11-4-3-5(9-2-8-4)12-6(7)10-3;3-2(4,5)1(6)7/h2H,1H3,(H2,7,10);(H,6,7). The van der Waals surface area contributed by atoms with Gasteiger partial charge in [0.05, 0.1) is 7.11 Å². The summed E-state index contributed by atoms with van der Waals surface area (Å²) in [6.45, 7) is 0. The summed E-state index contributed by atoms with van der Waals surface area (Å²) < 4.78 is 36.7. The number of ether oxygens (including phenoxy) is 1. The van der Waals surface area contributed by atoms with Crippen LogP contribution in [0.5, 0.6) is 5.88 Å². The Balaban J connectivity index is 0.000000224. The first-order valence-electron chi connectivity index (χ1n) is 4.46. The van der Waals surface area contributed by atoms with Crippen LogP contribution in [0.1, 0.15) is 0 Å². The highest BCUT2D eigenvalue weighted by atomic mass is 32.1. The summed E-state index contributed by atoms with van der Waals surface area (Å²) in [5.41, 5.74) is 6.13. The summed E-state index contributed by atoms with van der Waals surface area (Å²) in [6, 6.07) is 0. The minimum absolute atomic E-state index is 0.466. The molecular formula is C8H7F3N4O3S. The van der Waals surface area contributed by atoms with Crippen LogP contribution in [0.15, 0.2) is 6.33 Å². The van der Waals surface area contributed by atoms with E-state index in [-0.39, 0.29) is 0 Å². The van der Waals surface area contributed by atoms with Gasteiger partial charge in [-0.05, 0) is 0 Å². The predicted octanol–water partition coefficient (Wildman–Crippen LogP) is 1.31. The van der Waals surface area contributed by atoms with Gasteiger partial charge in [0.15, 0.2) is 15.5 Å². The van der Waals surface area contributed by atoms with E-state index in [4.69, 9.17) is 20.4 Å². The maximum Gasteiger partial charge on any atom is 0.490 e. The third-order valence-electron chi connectivity index (χ3n) is 1.61. The molecule has 0 saturated carbocycles. The van der Waals surface area contributed by atoms with E-state index in [1.807, 2.05) is 0 Å². The van der Waals surface area contributed by atoms with Crippen molar-refractivity contribution in [3.8, 4) is 5.88 Å². The summed E-state index contributed by atoms with van der Waals surface area (Å²) in [5.74, 6) is -2.29. The van der Waals surface area contributed by atoms with Crippen LogP contribution in [0, 0.1) is 0 Å². The van der Waals surface area contributed by atoms with Gasteiger partial charge < -0.3 is 15.6 Å². The Morgan fingerprint density at radius 3 is 2.53 bits per heavy atom. The van der Waals surface area contributed by atoms with Gasteiger partial charge >= 0.3 is 12.1 Å². The molecule has 19 heavy (non-hydrogen) atoms. The van der Waals surface area contributed by atoms with Crippen LogP contribution in [0.3, 0.4) is 0 Å². The van der Waals surface area contributed by atoms with Gasteiger partial charge in [0, 0.05) is 0 Å². The zero-order chi connectivity index (χ0) is 14.6. The Hall–Kier alpha value is -2.17. The van der Waals surface area contributed by atoms with Crippen LogP contribution in [0.2, 0.25) is 0 Å². The van der Waals surface area contributed by atoms with Gasteiger partial charge in [-0.25, -0.2) is 14.8 Å². The van der Waals surface area contributed by atoms with Crippen molar-refractivity contribution in [1.82, 2.24) is 15.0 Å². The quantitative estimate of drug-likeness (QED) is 0.816. The molecule has 2 rings (SSSR count). The monoisotopic (exact) mass is 296 g/mol. The number of rotatable bonds is 1. The number of nitrogens with zero attached hydrogens (tertiary/aromatic N) is 3. The molecule has 104 valence electrons. The molecule has 0 spiro atoms. The molecule has 0 radical (unpaired) electrons. The second-order valence-corrected chi connectivity index (χ2v) is 3.90. The molecule has 7 nitrogen and oxygen atoms in total. The largest absolute Gasteiger partial charge is 0.490 e. The van der Waals surface area contributed by atoms with Crippen LogP contribution >= 0.6 is 11.3 Å². The SMILES string of the molecule is COc1ncnc2sc(N)nc12.O=C(O)C(F)(F)F. The lowest BCUT2D eigenvalue weighted by Crippen LogP contribution is -2.21. The van der Waals surface area contributed by atoms with E-state index in [1.165, 1.54) is 24.8 Å². The third-order valence-corrected chi connectivity index (χ3v) is 2.41. The number of hydrogen-bond acceptors (Lipinski definition) is 7. The number of hydrogen-bond donors (Lipinski definition) is 2. The average molecular weight is 296 g/mol. The Bertz CT molecular complexity index is 586. The lowest BCUT2D eigenvalue weighted by atomic mass is 10.5. The number of aliphatic carboxylic acids is 1. The Kier molecular flexibility index (Phi) is 4.43. The molecule has 2 aromatic rings. The molecule has 0 fully saturated rings. The van der Waals surface area contributed by atoms with Gasteiger partial charge in [-0.1, -0.05) is 11.3 Å². The summed E-state index contributed by atoms with van der Waals surface area (Å²) in [6.07, 6.45) is -3.65. The van der Waals surface area contributed by atoms with E-state index in [0.717, 1.165) is 4.83 Å². The van der Waals surface area contributed by atoms with Gasteiger partial charge in [0.25, 0.3) is 0 Å². The number of carbonyl (C=O) groups is 1. The molecule has 0 bridgehead atoms. The maximum absolute atomic E-state index is 10.6. The second-order valence-electron chi connectivity index (χ2n) is 2.89. The molecule has 0 saturated heterocycles. The predicted molar refractivity (Wildman–Crippen MR) is 59.9 cm³/mol. The van der Waals surface area contributed by atoms with E-state index in [9.17, 15) is 13.2 Å². The summed E-state index contributed by atoms with van der Waals surface area (Å²) in [5, 5.41) is 7.60. The fourth-order valence-corrected chi connectivity index (χ4v) is 1.56. The van der Waals surface area contributed by atoms with Gasteiger partial charge in [-0.15, -0.1) is 0 Å². The first kappa shape index (κ1) is 14.9. The van der Waals surface area contributed by atoms with Crippen molar-refractivity contribution in [3.63, 3.8) is 0 Å². The zero-order valence-corrected chi connectivity index (χ0v) is 10.1. The van der Waals surface area contributed by atoms with Crippen molar-refractivity contribution in [2.45, 2.75) is 6.18 Å². The molecular weight excluding hydrogens is 289 g/mol. The number of anilines is 1. The van der Waals surface area contributed by atoms with Crippen LogP contribution in [0.4, 0.5) is 18.3 Å². The highest BCUT2D eigenvalue weighted by Crippen LogP contribution is 2.26. The van der Waals surface area contributed by atoms with Crippen LogP contribution in [0.25, 0.3) is 10.3 Å². The van der Waals surface area contributed by atoms with Crippen LogP contribution in [-0.2, 0) is 4.79 Å².